The first-order chi connectivity index (χ1) is 14.0. The SMILES string of the molecule is CN1CC=C[C@@]2(C)O[C@]34C=CCN(C(C)(C)C)C(=O)C3N(CCO)C(=O)[C@@H]4[C@H]2C1=O. The van der Waals surface area contributed by atoms with E-state index in [1.165, 1.54) is 4.90 Å². The van der Waals surface area contributed by atoms with Crippen molar-refractivity contribution in [3.8, 4) is 0 Å². The van der Waals surface area contributed by atoms with E-state index >= 15 is 0 Å². The third-order valence-corrected chi connectivity index (χ3v) is 6.91. The second kappa shape index (κ2) is 6.65. The number of hydrogen-bond acceptors (Lipinski definition) is 5. The van der Waals surface area contributed by atoms with Gasteiger partial charge in [0.15, 0.2) is 0 Å². The summed E-state index contributed by atoms with van der Waals surface area (Å²) in [6.07, 6.45) is 7.43. The topological polar surface area (TPSA) is 90.4 Å². The molecule has 164 valence electrons. The van der Waals surface area contributed by atoms with Crippen LogP contribution in [0, 0.1) is 11.8 Å². The Morgan fingerprint density at radius 3 is 2.37 bits per heavy atom. The fourth-order valence-corrected chi connectivity index (χ4v) is 5.59. The number of likely N-dealkylation sites (tertiary alicyclic amines) is 1. The highest BCUT2D eigenvalue weighted by Crippen LogP contribution is 2.57. The molecule has 2 fully saturated rings. The van der Waals surface area contributed by atoms with Crippen LogP contribution < -0.4 is 0 Å². The Morgan fingerprint density at radius 2 is 1.73 bits per heavy atom. The molecule has 0 bridgehead atoms. The molecule has 0 aromatic heterocycles. The van der Waals surface area contributed by atoms with Gasteiger partial charge in [-0.05, 0) is 27.7 Å². The van der Waals surface area contributed by atoms with Gasteiger partial charge in [-0.25, -0.2) is 0 Å². The minimum Gasteiger partial charge on any atom is -0.395 e. The number of nitrogens with zero attached hydrogens (tertiary/aromatic N) is 3. The van der Waals surface area contributed by atoms with E-state index in [0.717, 1.165) is 0 Å². The van der Waals surface area contributed by atoms with Crippen molar-refractivity contribution in [1.82, 2.24) is 14.7 Å². The molecule has 0 radical (unpaired) electrons. The van der Waals surface area contributed by atoms with Crippen molar-refractivity contribution in [3.63, 3.8) is 0 Å². The zero-order chi connectivity index (χ0) is 22.1. The first-order valence-corrected chi connectivity index (χ1v) is 10.5. The molecule has 5 atom stereocenters. The fourth-order valence-electron chi connectivity index (χ4n) is 5.59. The number of aliphatic hydroxyl groups is 1. The van der Waals surface area contributed by atoms with Crippen molar-refractivity contribution in [2.45, 2.75) is 50.5 Å². The molecule has 4 rings (SSSR count). The molecule has 1 N–H and O–H groups in total. The normalized spacial score (nSPS) is 38.5. The summed E-state index contributed by atoms with van der Waals surface area (Å²) in [5.74, 6) is -2.26. The molecule has 0 aromatic carbocycles. The van der Waals surface area contributed by atoms with Crippen molar-refractivity contribution < 1.29 is 24.2 Å². The van der Waals surface area contributed by atoms with Gasteiger partial charge < -0.3 is 24.5 Å². The van der Waals surface area contributed by atoms with Crippen LogP contribution in [0.5, 0.6) is 0 Å². The molecule has 4 heterocycles. The molecular formula is C22H31N3O5. The van der Waals surface area contributed by atoms with E-state index in [2.05, 4.69) is 0 Å². The van der Waals surface area contributed by atoms with Crippen LogP contribution in [0.4, 0.5) is 0 Å². The smallest absolute Gasteiger partial charge is 0.249 e. The van der Waals surface area contributed by atoms with E-state index in [9.17, 15) is 19.5 Å². The lowest BCUT2D eigenvalue weighted by Gasteiger charge is -2.41. The summed E-state index contributed by atoms with van der Waals surface area (Å²) in [6.45, 7) is 8.25. The molecular weight excluding hydrogens is 386 g/mol. The number of ether oxygens (including phenoxy) is 1. The highest BCUT2D eigenvalue weighted by Gasteiger charge is 2.74. The summed E-state index contributed by atoms with van der Waals surface area (Å²) in [6, 6.07) is -0.921. The molecule has 4 aliphatic rings. The van der Waals surface area contributed by atoms with Gasteiger partial charge >= 0.3 is 0 Å². The number of hydrogen-bond donors (Lipinski definition) is 1. The van der Waals surface area contributed by atoms with Gasteiger partial charge in [0, 0.05) is 32.2 Å². The maximum absolute atomic E-state index is 13.8. The Bertz CT molecular complexity index is 846. The van der Waals surface area contributed by atoms with Crippen molar-refractivity contribution in [1.29, 1.82) is 0 Å². The quantitative estimate of drug-likeness (QED) is 0.647. The Kier molecular flexibility index (Phi) is 4.67. The number of likely N-dealkylation sites (N-methyl/N-ethyl adjacent to an activating group) is 1. The van der Waals surface area contributed by atoms with E-state index in [1.807, 2.05) is 52.0 Å². The standard InChI is InChI=1S/C22H31N3O5/c1-20(2,3)25-11-7-9-22-15(18(28)24(12-13-26)16(22)19(25)29)14-17(27)23(5)10-6-8-21(14,4)30-22/h6-9,14-16,26H,10-13H2,1-5H3/t14-,15-,16?,21+,22-/m0/s1. The zero-order valence-corrected chi connectivity index (χ0v) is 18.3. The average molecular weight is 418 g/mol. The third-order valence-electron chi connectivity index (χ3n) is 6.91. The Hall–Kier alpha value is -2.19. The summed E-state index contributed by atoms with van der Waals surface area (Å²) in [4.78, 5) is 45.5. The molecule has 1 spiro atoms. The van der Waals surface area contributed by atoms with Gasteiger partial charge in [0.2, 0.25) is 17.7 Å². The lowest BCUT2D eigenvalue weighted by Crippen LogP contribution is -2.59. The van der Waals surface area contributed by atoms with Crippen molar-refractivity contribution in [2.24, 2.45) is 11.8 Å². The van der Waals surface area contributed by atoms with Crippen LogP contribution in [-0.2, 0) is 19.1 Å². The van der Waals surface area contributed by atoms with E-state index in [0.29, 0.717) is 13.1 Å². The molecule has 8 nitrogen and oxygen atoms in total. The van der Waals surface area contributed by atoms with Crippen LogP contribution in [0.2, 0.25) is 0 Å². The molecule has 8 heteroatoms. The maximum Gasteiger partial charge on any atom is 0.249 e. The number of aliphatic hydroxyl groups excluding tert-OH is 1. The number of amides is 3. The van der Waals surface area contributed by atoms with Gasteiger partial charge in [-0.2, -0.15) is 0 Å². The Balaban J connectivity index is 1.90. The molecule has 4 aliphatic heterocycles. The second-order valence-electron chi connectivity index (χ2n) is 9.90. The van der Waals surface area contributed by atoms with Gasteiger partial charge in [-0.1, -0.05) is 24.3 Å². The Labute approximate surface area is 177 Å². The fraction of sp³-hybridized carbons (Fsp3) is 0.682. The molecule has 3 amide bonds. The van der Waals surface area contributed by atoms with Crippen LogP contribution in [-0.4, -0.2) is 93.6 Å². The molecule has 30 heavy (non-hydrogen) atoms. The van der Waals surface area contributed by atoms with Crippen molar-refractivity contribution in [2.75, 3.05) is 33.3 Å². The second-order valence-corrected chi connectivity index (χ2v) is 9.90. The molecule has 0 aromatic rings. The zero-order valence-electron chi connectivity index (χ0n) is 18.3. The van der Waals surface area contributed by atoms with Gasteiger partial charge in [0.1, 0.15) is 11.6 Å². The highest BCUT2D eigenvalue weighted by molar-refractivity contribution is 6.00. The number of carbonyl (C=O) groups is 3. The van der Waals surface area contributed by atoms with Crippen molar-refractivity contribution in [3.05, 3.63) is 24.3 Å². The van der Waals surface area contributed by atoms with E-state index in [4.69, 9.17) is 4.74 Å². The summed E-state index contributed by atoms with van der Waals surface area (Å²) in [5.41, 5.74) is -2.70. The maximum atomic E-state index is 13.8. The molecule has 2 saturated heterocycles. The lowest BCUT2D eigenvalue weighted by atomic mass is 9.74. The predicted octanol–water partition coefficient (Wildman–Crippen LogP) is 0.175. The van der Waals surface area contributed by atoms with Gasteiger partial charge in [0.25, 0.3) is 0 Å². The summed E-state index contributed by atoms with van der Waals surface area (Å²) in [5, 5.41) is 9.64. The Morgan fingerprint density at radius 1 is 1.07 bits per heavy atom. The first-order valence-electron chi connectivity index (χ1n) is 10.5. The van der Waals surface area contributed by atoms with Crippen LogP contribution in [0.3, 0.4) is 0 Å². The average Bonchev–Trinajstić information content (AvgIpc) is 2.90. The predicted molar refractivity (Wildman–Crippen MR) is 109 cm³/mol. The van der Waals surface area contributed by atoms with Crippen LogP contribution in [0.1, 0.15) is 27.7 Å². The van der Waals surface area contributed by atoms with E-state index in [-0.39, 0.29) is 30.9 Å². The largest absolute Gasteiger partial charge is 0.395 e. The minimum atomic E-state index is -1.25. The third kappa shape index (κ3) is 2.69. The minimum absolute atomic E-state index is 0.0198. The monoisotopic (exact) mass is 417 g/mol. The van der Waals surface area contributed by atoms with Gasteiger partial charge in [-0.15, -0.1) is 0 Å². The van der Waals surface area contributed by atoms with E-state index < -0.39 is 34.6 Å². The molecule has 0 saturated carbocycles. The summed E-state index contributed by atoms with van der Waals surface area (Å²) >= 11 is 0. The number of carbonyl (C=O) groups excluding carboxylic acids is 3. The van der Waals surface area contributed by atoms with Crippen molar-refractivity contribution >= 4 is 17.7 Å². The number of β-amino-alcohol motifs (C(OH)–C–C–N with tert-alkyl or cyclic N) is 1. The number of fused-ring (bicyclic) bond motifs is 2. The molecule has 0 aliphatic carbocycles. The van der Waals surface area contributed by atoms with Gasteiger partial charge in [0.05, 0.1) is 24.0 Å². The first kappa shape index (κ1) is 21.1. The van der Waals surface area contributed by atoms with Gasteiger partial charge in [-0.3, -0.25) is 14.4 Å². The number of rotatable bonds is 2. The lowest BCUT2D eigenvalue weighted by molar-refractivity contribution is -0.155. The van der Waals surface area contributed by atoms with Crippen LogP contribution >= 0.6 is 0 Å². The highest BCUT2D eigenvalue weighted by atomic mass is 16.5. The molecule has 1 unspecified atom stereocenters. The summed E-state index contributed by atoms with van der Waals surface area (Å²) in [7, 11) is 1.71. The van der Waals surface area contributed by atoms with E-state index in [1.54, 1.807) is 16.8 Å². The summed E-state index contributed by atoms with van der Waals surface area (Å²) < 4.78 is 6.61. The van der Waals surface area contributed by atoms with Crippen LogP contribution in [0.25, 0.3) is 0 Å². The van der Waals surface area contributed by atoms with Crippen LogP contribution in [0.15, 0.2) is 24.3 Å².